The highest BCUT2D eigenvalue weighted by Crippen LogP contribution is 2.17. The third-order valence-corrected chi connectivity index (χ3v) is 5.08. The van der Waals surface area contributed by atoms with E-state index in [4.69, 9.17) is 0 Å². The van der Waals surface area contributed by atoms with E-state index in [0.717, 1.165) is 30.7 Å². The second-order valence-corrected chi connectivity index (χ2v) is 8.73. The van der Waals surface area contributed by atoms with Gasteiger partial charge in [-0.1, -0.05) is 36.4 Å². The first-order valence-electron chi connectivity index (χ1n) is 8.73. The van der Waals surface area contributed by atoms with E-state index in [1.165, 1.54) is 4.90 Å². The van der Waals surface area contributed by atoms with Gasteiger partial charge in [0.1, 0.15) is 0 Å². The van der Waals surface area contributed by atoms with E-state index in [1.54, 1.807) is 23.9 Å². The lowest BCUT2D eigenvalue weighted by Crippen LogP contribution is -2.38. The van der Waals surface area contributed by atoms with Crippen LogP contribution in [0.1, 0.15) is 12.5 Å². The number of hydrogen-bond donors (Lipinski definition) is 3. The average molecular weight is 534 g/mol. The molecule has 0 aliphatic heterocycles. The molecule has 0 spiro atoms. The highest BCUT2D eigenvalue weighted by atomic mass is 127. The molecule has 0 bridgehead atoms. The number of rotatable bonds is 9. The Bertz CT molecular complexity index is 846. The van der Waals surface area contributed by atoms with Crippen molar-refractivity contribution in [1.82, 2.24) is 10.6 Å². The molecule has 2 aromatic rings. The fraction of sp³-hybridized carbons (Fsp3) is 0.316. The Hall–Kier alpha value is -1.46. The summed E-state index contributed by atoms with van der Waals surface area (Å²) in [6.07, 6.45) is 1.14. The molecule has 0 aromatic heterocycles. The molecule has 2 aromatic carbocycles. The zero-order valence-corrected chi connectivity index (χ0v) is 20.0. The maximum atomic E-state index is 11.5. The molecule has 0 aliphatic rings. The van der Waals surface area contributed by atoms with Crippen molar-refractivity contribution in [2.75, 3.05) is 29.8 Å². The van der Waals surface area contributed by atoms with E-state index in [2.05, 4.69) is 32.5 Å². The van der Waals surface area contributed by atoms with Gasteiger partial charge in [-0.05, 0) is 30.7 Å². The highest BCUT2D eigenvalue weighted by molar-refractivity contribution is 14.0. The van der Waals surface area contributed by atoms with Crippen LogP contribution in [0.4, 0.5) is 5.69 Å². The van der Waals surface area contributed by atoms with Gasteiger partial charge in [-0.3, -0.25) is 4.72 Å². The number of nitrogens with one attached hydrogen (secondary N) is 3. The molecule has 0 saturated carbocycles. The number of sulfonamides is 1. The van der Waals surface area contributed by atoms with Crippen LogP contribution in [0.3, 0.4) is 0 Å². The van der Waals surface area contributed by atoms with Crippen molar-refractivity contribution in [2.24, 2.45) is 4.99 Å². The zero-order chi connectivity index (χ0) is 19.5. The number of guanidine groups is 1. The molecule has 0 fully saturated rings. The Labute approximate surface area is 189 Å². The summed E-state index contributed by atoms with van der Waals surface area (Å²) < 4.78 is 25.6. The van der Waals surface area contributed by atoms with Crippen LogP contribution in [-0.4, -0.2) is 39.5 Å². The quantitative estimate of drug-likeness (QED) is 0.151. The predicted molar refractivity (Wildman–Crippen MR) is 130 cm³/mol. The van der Waals surface area contributed by atoms with E-state index < -0.39 is 10.0 Å². The van der Waals surface area contributed by atoms with Crippen molar-refractivity contribution in [3.8, 4) is 0 Å². The van der Waals surface area contributed by atoms with Gasteiger partial charge in [0.05, 0.1) is 18.5 Å². The van der Waals surface area contributed by atoms with Crippen LogP contribution in [-0.2, 0) is 16.6 Å². The Morgan fingerprint density at radius 2 is 1.71 bits per heavy atom. The van der Waals surface area contributed by atoms with Crippen LogP contribution in [0.5, 0.6) is 0 Å². The van der Waals surface area contributed by atoms with Crippen LogP contribution in [0.15, 0.2) is 64.5 Å². The Kier molecular flexibility index (Phi) is 11.3. The average Bonchev–Trinajstić information content (AvgIpc) is 2.64. The molecule has 0 aliphatic carbocycles. The summed E-state index contributed by atoms with van der Waals surface area (Å²) in [5.41, 5.74) is 1.37. The fourth-order valence-electron chi connectivity index (χ4n) is 2.32. The van der Waals surface area contributed by atoms with Crippen LogP contribution in [0.25, 0.3) is 0 Å². The van der Waals surface area contributed by atoms with E-state index in [1.807, 2.05) is 37.3 Å². The molecule has 28 heavy (non-hydrogen) atoms. The summed E-state index contributed by atoms with van der Waals surface area (Å²) in [4.78, 5) is 5.81. The van der Waals surface area contributed by atoms with E-state index >= 15 is 0 Å². The lowest BCUT2D eigenvalue weighted by atomic mass is 10.2. The first kappa shape index (κ1) is 24.6. The van der Waals surface area contributed by atoms with Crippen LogP contribution in [0.2, 0.25) is 0 Å². The number of halogens is 1. The van der Waals surface area contributed by atoms with E-state index in [0.29, 0.717) is 18.2 Å². The van der Waals surface area contributed by atoms with Gasteiger partial charge in [0.15, 0.2) is 5.96 Å². The number of thioether (sulfide) groups is 1. The van der Waals surface area contributed by atoms with Crippen LogP contribution in [0, 0.1) is 0 Å². The smallest absolute Gasteiger partial charge is 0.229 e. The molecule has 154 valence electrons. The minimum absolute atomic E-state index is 0. The molecule has 6 nitrogen and oxygen atoms in total. The lowest BCUT2D eigenvalue weighted by Gasteiger charge is -2.13. The van der Waals surface area contributed by atoms with Gasteiger partial charge >= 0.3 is 0 Å². The molecule has 0 saturated heterocycles. The van der Waals surface area contributed by atoms with E-state index in [9.17, 15) is 8.42 Å². The van der Waals surface area contributed by atoms with Crippen molar-refractivity contribution in [1.29, 1.82) is 0 Å². The second-order valence-electron chi connectivity index (χ2n) is 5.81. The minimum Gasteiger partial charge on any atom is -0.357 e. The van der Waals surface area contributed by atoms with Crippen molar-refractivity contribution < 1.29 is 8.42 Å². The molecular weight excluding hydrogens is 507 g/mol. The van der Waals surface area contributed by atoms with Crippen molar-refractivity contribution >= 4 is 57.4 Å². The first-order valence-corrected chi connectivity index (χ1v) is 11.6. The maximum absolute atomic E-state index is 11.5. The zero-order valence-electron chi connectivity index (χ0n) is 16.0. The monoisotopic (exact) mass is 534 g/mol. The number of nitrogens with zero attached hydrogens (tertiary/aromatic N) is 1. The summed E-state index contributed by atoms with van der Waals surface area (Å²) in [5, 5.41) is 6.52. The topological polar surface area (TPSA) is 82.6 Å². The molecule has 9 heteroatoms. The van der Waals surface area contributed by atoms with Gasteiger partial charge in [0.25, 0.3) is 0 Å². The van der Waals surface area contributed by atoms with Gasteiger partial charge in [-0.15, -0.1) is 35.7 Å². The minimum atomic E-state index is -3.32. The molecule has 2 rings (SSSR count). The molecule has 3 N–H and O–H groups in total. The standard InChI is InChI=1S/C19H26N4O2S2.HI/c1-3-20-19(21-13-14-26-17-10-5-4-6-11-17)22-15-16-9-7-8-12-18(16)23-27(2,24)25;/h4-12,23H,3,13-15H2,1-2H3,(H2,20,21,22);1H. The molecule has 0 unspecified atom stereocenters. The van der Waals surface area contributed by atoms with Crippen molar-refractivity contribution in [3.63, 3.8) is 0 Å². The molecule has 0 radical (unpaired) electrons. The molecule has 0 heterocycles. The number of aliphatic imine (C=N–C) groups is 1. The SMILES string of the molecule is CCNC(=NCc1ccccc1NS(C)(=O)=O)NCCSc1ccccc1.I. The fourth-order valence-corrected chi connectivity index (χ4v) is 3.71. The number of anilines is 1. The summed E-state index contributed by atoms with van der Waals surface area (Å²) >= 11 is 1.78. The Morgan fingerprint density at radius 1 is 1.04 bits per heavy atom. The van der Waals surface area contributed by atoms with Gasteiger partial charge < -0.3 is 10.6 Å². The van der Waals surface area contributed by atoms with E-state index in [-0.39, 0.29) is 24.0 Å². The van der Waals surface area contributed by atoms with Crippen molar-refractivity contribution in [2.45, 2.75) is 18.4 Å². The number of para-hydroxylation sites is 1. The summed E-state index contributed by atoms with van der Waals surface area (Å²) in [5.74, 6) is 1.63. The van der Waals surface area contributed by atoms with Crippen molar-refractivity contribution in [3.05, 3.63) is 60.2 Å². The lowest BCUT2D eigenvalue weighted by molar-refractivity contribution is 0.606. The largest absolute Gasteiger partial charge is 0.357 e. The Balaban J connectivity index is 0.00000392. The number of benzene rings is 2. The maximum Gasteiger partial charge on any atom is 0.229 e. The van der Waals surface area contributed by atoms with Gasteiger partial charge in [0, 0.05) is 23.7 Å². The van der Waals surface area contributed by atoms with Gasteiger partial charge in [-0.2, -0.15) is 0 Å². The molecule has 0 amide bonds. The molecule has 0 atom stereocenters. The number of hydrogen-bond acceptors (Lipinski definition) is 4. The predicted octanol–water partition coefficient (Wildman–Crippen LogP) is 3.52. The normalized spacial score (nSPS) is 11.4. The first-order chi connectivity index (χ1) is 13.0. The van der Waals surface area contributed by atoms with Crippen LogP contribution >= 0.6 is 35.7 Å². The second kappa shape index (κ2) is 12.9. The molecular formula is C19H27IN4O2S2. The Morgan fingerprint density at radius 3 is 2.39 bits per heavy atom. The summed E-state index contributed by atoms with van der Waals surface area (Å²) in [6.45, 7) is 3.91. The third kappa shape index (κ3) is 9.65. The van der Waals surface area contributed by atoms with Gasteiger partial charge in [-0.25, -0.2) is 13.4 Å². The van der Waals surface area contributed by atoms with Gasteiger partial charge in [0.2, 0.25) is 10.0 Å². The highest BCUT2D eigenvalue weighted by Gasteiger charge is 2.07. The summed E-state index contributed by atoms with van der Waals surface area (Å²) in [7, 11) is -3.32. The summed E-state index contributed by atoms with van der Waals surface area (Å²) in [6, 6.07) is 17.5. The van der Waals surface area contributed by atoms with Crippen LogP contribution < -0.4 is 15.4 Å². The third-order valence-electron chi connectivity index (χ3n) is 3.47.